The van der Waals surface area contributed by atoms with E-state index < -0.39 is 0 Å². The van der Waals surface area contributed by atoms with Crippen molar-refractivity contribution in [3.05, 3.63) is 64.4 Å². The largest absolute Gasteiger partial charge is 0.325 e. The first kappa shape index (κ1) is 22.8. The number of thiazole rings is 1. The summed E-state index contributed by atoms with van der Waals surface area (Å²) >= 11 is 4.78. The van der Waals surface area contributed by atoms with Gasteiger partial charge in [-0.15, -0.1) is 32.9 Å². The van der Waals surface area contributed by atoms with Crippen molar-refractivity contribution in [2.24, 2.45) is 7.05 Å². The van der Waals surface area contributed by atoms with E-state index in [1.807, 2.05) is 35.9 Å². The van der Waals surface area contributed by atoms with Crippen LogP contribution in [0.4, 0.5) is 5.69 Å². The van der Waals surface area contributed by atoms with E-state index in [2.05, 4.69) is 59.0 Å². The zero-order chi connectivity index (χ0) is 23.7. The lowest BCUT2D eigenvalue weighted by Gasteiger charge is -2.06. The molecule has 6 nitrogen and oxygen atoms in total. The monoisotopic (exact) mass is 505 g/mol. The molecule has 0 radical (unpaired) electrons. The van der Waals surface area contributed by atoms with Crippen molar-refractivity contribution >= 4 is 56.2 Å². The number of aryl methyl sites for hydroxylation is 2. The number of carbonyl (C=O) groups is 1. The summed E-state index contributed by atoms with van der Waals surface area (Å²) in [7, 11) is 1.93. The SMILES string of the molecule is CCc1cc(-c2nnc(SCC(=O)Nc3ccc(-c4nc5ccc(C)cc5s4)cc3)n2C)cs1. The Morgan fingerprint density at radius 2 is 1.91 bits per heavy atom. The van der Waals surface area contributed by atoms with E-state index in [9.17, 15) is 4.79 Å². The first-order chi connectivity index (χ1) is 16.5. The van der Waals surface area contributed by atoms with Gasteiger partial charge in [-0.05, 0) is 61.4 Å². The van der Waals surface area contributed by atoms with Gasteiger partial charge in [0.05, 0.1) is 16.0 Å². The van der Waals surface area contributed by atoms with Crippen LogP contribution in [0.25, 0.3) is 32.2 Å². The van der Waals surface area contributed by atoms with E-state index in [-0.39, 0.29) is 11.7 Å². The van der Waals surface area contributed by atoms with Gasteiger partial charge in [0.1, 0.15) is 5.01 Å². The standard InChI is InChI=1S/C25H23N5OS3/c1-4-19-12-17(13-32-19)23-28-29-25(30(23)3)33-14-22(31)26-18-8-6-16(7-9-18)24-27-20-10-5-15(2)11-21(20)34-24/h5-13H,4,14H2,1-3H3,(H,26,31). The number of nitrogens with zero attached hydrogens (tertiary/aromatic N) is 4. The van der Waals surface area contributed by atoms with Gasteiger partial charge in [-0.3, -0.25) is 4.79 Å². The minimum Gasteiger partial charge on any atom is -0.325 e. The molecule has 2 aromatic carbocycles. The Labute approximate surface area is 210 Å². The number of carbonyl (C=O) groups excluding carboxylic acids is 1. The Kier molecular flexibility index (Phi) is 6.49. The number of benzene rings is 2. The number of aromatic nitrogens is 4. The second kappa shape index (κ2) is 9.69. The molecular weight excluding hydrogens is 483 g/mol. The lowest BCUT2D eigenvalue weighted by Crippen LogP contribution is -2.14. The van der Waals surface area contributed by atoms with Crippen molar-refractivity contribution < 1.29 is 4.79 Å². The fraction of sp³-hybridized carbons (Fsp3) is 0.200. The van der Waals surface area contributed by atoms with Gasteiger partial charge < -0.3 is 9.88 Å². The van der Waals surface area contributed by atoms with Crippen molar-refractivity contribution in [1.29, 1.82) is 0 Å². The average molecular weight is 506 g/mol. The van der Waals surface area contributed by atoms with Gasteiger partial charge in [0.2, 0.25) is 5.91 Å². The summed E-state index contributed by atoms with van der Waals surface area (Å²) in [4.78, 5) is 18.6. The van der Waals surface area contributed by atoms with Crippen LogP contribution in [0.1, 0.15) is 17.4 Å². The summed E-state index contributed by atoms with van der Waals surface area (Å²) in [6, 6.07) is 16.3. The fourth-order valence-electron chi connectivity index (χ4n) is 3.55. The molecule has 0 saturated heterocycles. The molecule has 0 spiro atoms. The van der Waals surface area contributed by atoms with Gasteiger partial charge >= 0.3 is 0 Å². The molecule has 3 heterocycles. The number of rotatable bonds is 7. The summed E-state index contributed by atoms with van der Waals surface area (Å²) in [5, 5.41) is 15.3. The van der Waals surface area contributed by atoms with E-state index in [0.29, 0.717) is 0 Å². The number of hydrogen-bond donors (Lipinski definition) is 1. The second-order valence-electron chi connectivity index (χ2n) is 7.92. The fourth-order valence-corrected chi connectivity index (χ4v) is 6.15. The quantitative estimate of drug-likeness (QED) is 0.258. The summed E-state index contributed by atoms with van der Waals surface area (Å²) in [6.07, 6.45) is 1.01. The molecule has 0 saturated carbocycles. The van der Waals surface area contributed by atoms with E-state index in [1.54, 1.807) is 22.7 Å². The third kappa shape index (κ3) is 4.77. The van der Waals surface area contributed by atoms with Gasteiger partial charge in [0.25, 0.3) is 0 Å². The normalized spacial score (nSPS) is 11.3. The third-order valence-corrected chi connectivity index (χ3v) is 8.56. The van der Waals surface area contributed by atoms with Crippen molar-refractivity contribution in [1.82, 2.24) is 19.7 Å². The highest BCUT2D eigenvalue weighted by Gasteiger charge is 2.14. The Morgan fingerprint density at radius 3 is 2.68 bits per heavy atom. The lowest BCUT2D eigenvalue weighted by atomic mass is 10.2. The number of nitrogens with one attached hydrogen (secondary N) is 1. The van der Waals surface area contributed by atoms with Gasteiger partial charge in [0, 0.05) is 34.1 Å². The van der Waals surface area contributed by atoms with E-state index >= 15 is 0 Å². The van der Waals surface area contributed by atoms with Gasteiger partial charge in [-0.1, -0.05) is 24.8 Å². The maximum absolute atomic E-state index is 12.5. The first-order valence-corrected chi connectivity index (χ1v) is 13.6. The predicted molar refractivity (Wildman–Crippen MR) is 143 cm³/mol. The van der Waals surface area contributed by atoms with E-state index in [1.165, 1.54) is 26.9 Å². The van der Waals surface area contributed by atoms with Gasteiger partial charge in [-0.25, -0.2) is 4.98 Å². The van der Waals surface area contributed by atoms with Crippen molar-refractivity contribution in [3.63, 3.8) is 0 Å². The molecule has 0 aliphatic carbocycles. The number of amides is 1. The molecular formula is C25H23N5OS3. The Morgan fingerprint density at radius 1 is 1.09 bits per heavy atom. The van der Waals surface area contributed by atoms with Crippen molar-refractivity contribution in [2.75, 3.05) is 11.1 Å². The average Bonchev–Trinajstić information content (AvgIpc) is 3.56. The van der Waals surface area contributed by atoms with Crippen LogP contribution in [-0.4, -0.2) is 31.4 Å². The molecule has 172 valence electrons. The van der Waals surface area contributed by atoms with Crippen molar-refractivity contribution in [2.45, 2.75) is 25.4 Å². The van der Waals surface area contributed by atoms with Gasteiger partial charge in [-0.2, -0.15) is 0 Å². The number of hydrogen-bond acceptors (Lipinski definition) is 7. The molecule has 1 amide bonds. The topological polar surface area (TPSA) is 72.7 Å². The zero-order valence-corrected chi connectivity index (χ0v) is 21.5. The molecule has 34 heavy (non-hydrogen) atoms. The smallest absolute Gasteiger partial charge is 0.234 e. The van der Waals surface area contributed by atoms with Crippen LogP contribution in [0, 0.1) is 6.92 Å². The highest BCUT2D eigenvalue weighted by molar-refractivity contribution is 7.99. The van der Waals surface area contributed by atoms with Crippen LogP contribution in [0.5, 0.6) is 0 Å². The minimum absolute atomic E-state index is 0.0819. The molecule has 0 unspecified atom stereocenters. The van der Waals surface area contributed by atoms with Crippen LogP contribution in [0.3, 0.4) is 0 Å². The summed E-state index contributed by atoms with van der Waals surface area (Å²) in [5.41, 5.74) is 5.11. The highest BCUT2D eigenvalue weighted by Crippen LogP contribution is 2.31. The van der Waals surface area contributed by atoms with Crippen LogP contribution in [-0.2, 0) is 18.3 Å². The van der Waals surface area contributed by atoms with Crippen LogP contribution < -0.4 is 5.32 Å². The molecule has 1 N–H and O–H groups in total. The minimum atomic E-state index is -0.0819. The third-order valence-electron chi connectivity index (χ3n) is 5.39. The Hall–Kier alpha value is -3.01. The molecule has 9 heteroatoms. The molecule has 0 fully saturated rings. The molecule has 0 atom stereocenters. The zero-order valence-electron chi connectivity index (χ0n) is 19.0. The maximum atomic E-state index is 12.5. The Bertz CT molecular complexity index is 1470. The van der Waals surface area contributed by atoms with Crippen LogP contribution in [0.15, 0.2) is 59.1 Å². The molecule has 0 bridgehead atoms. The lowest BCUT2D eigenvalue weighted by molar-refractivity contribution is -0.113. The van der Waals surface area contributed by atoms with Crippen LogP contribution in [0.2, 0.25) is 0 Å². The predicted octanol–water partition coefficient (Wildman–Crippen LogP) is 6.42. The highest BCUT2D eigenvalue weighted by atomic mass is 32.2. The summed E-state index contributed by atoms with van der Waals surface area (Å²) in [6.45, 7) is 4.23. The maximum Gasteiger partial charge on any atom is 0.234 e. The van der Waals surface area contributed by atoms with Gasteiger partial charge in [0.15, 0.2) is 11.0 Å². The summed E-state index contributed by atoms with van der Waals surface area (Å²) in [5.74, 6) is 0.996. The molecule has 5 rings (SSSR count). The number of thiophene rings is 1. The molecule has 5 aromatic rings. The Balaban J connectivity index is 1.20. The number of fused-ring (bicyclic) bond motifs is 1. The van der Waals surface area contributed by atoms with Crippen LogP contribution >= 0.6 is 34.4 Å². The molecule has 0 aliphatic rings. The second-order valence-corrected chi connectivity index (χ2v) is 10.9. The van der Waals surface area contributed by atoms with E-state index in [4.69, 9.17) is 4.98 Å². The molecule has 3 aromatic heterocycles. The number of thioether (sulfide) groups is 1. The first-order valence-electron chi connectivity index (χ1n) is 10.9. The number of anilines is 1. The summed E-state index contributed by atoms with van der Waals surface area (Å²) < 4.78 is 3.12. The molecule has 0 aliphatic heterocycles. The van der Waals surface area contributed by atoms with E-state index in [0.717, 1.165) is 44.7 Å². The van der Waals surface area contributed by atoms with Crippen molar-refractivity contribution in [3.8, 4) is 22.0 Å².